The third kappa shape index (κ3) is 2.31. The molecular weight excluding hydrogens is 198 g/mol. The Labute approximate surface area is 97.1 Å². The molecule has 1 aromatic rings. The number of carbonyl (C=O) groups excluding carboxylic acids is 1. The Morgan fingerprint density at radius 3 is 2.56 bits per heavy atom. The lowest BCUT2D eigenvalue weighted by Crippen LogP contribution is -2.08. The molecule has 0 aliphatic heterocycles. The smallest absolute Gasteiger partial charge is 0.161 e. The number of carbonyl (C=O) groups is 1. The van der Waals surface area contributed by atoms with Gasteiger partial charge in [-0.1, -0.05) is 12.8 Å². The average Bonchev–Trinajstić information content (AvgIpc) is 2.20. The van der Waals surface area contributed by atoms with E-state index in [0.29, 0.717) is 0 Å². The molecule has 0 saturated carbocycles. The van der Waals surface area contributed by atoms with Crippen LogP contribution in [0.5, 0.6) is 0 Å². The molecule has 1 aliphatic carbocycles. The van der Waals surface area contributed by atoms with Crippen LogP contribution >= 0.6 is 0 Å². The molecule has 0 N–H and O–H groups in total. The van der Waals surface area contributed by atoms with Crippen molar-refractivity contribution in [3.8, 4) is 0 Å². The van der Waals surface area contributed by atoms with Crippen LogP contribution in [0.15, 0.2) is 6.07 Å². The molecule has 2 nitrogen and oxygen atoms in total. The minimum absolute atomic E-state index is 0.134. The number of Topliss-reactive ketones (excluding diaryl/α,β-unsaturated/α-hetero) is 1. The van der Waals surface area contributed by atoms with E-state index in [1.165, 1.54) is 36.9 Å². The molecule has 0 unspecified atom stereocenters. The third-order valence-electron chi connectivity index (χ3n) is 3.37. The lowest BCUT2D eigenvalue weighted by molar-refractivity contribution is 0.101. The van der Waals surface area contributed by atoms with Crippen molar-refractivity contribution in [2.75, 3.05) is 0 Å². The summed E-state index contributed by atoms with van der Waals surface area (Å²) in [6.07, 6.45) is 7.25. The topological polar surface area (TPSA) is 30.0 Å². The molecule has 0 atom stereocenters. The number of aryl methyl sites for hydroxylation is 3. The Balaban J connectivity index is 2.41. The van der Waals surface area contributed by atoms with Gasteiger partial charge in [-0.2, -0.15) is 0 Å². The monoisotopic (exact) mass is 217 g/mol. The lowest BCUT2D eigenvalue weighted by Gasteiger charge is -2.15. The Bertz CT molecular complexity index is 409. The molecule has 0 bridgehead atoms. The first-order chi connectivity index (χ1) is 7.68. The molecule has 2 rings (SSSR count). The van der Waals surface area contributed by atoms with Crippen molar-refractivity contribution in [2.24, 2.45) is 0 Å². The summed E-state index contributed by atoms with van der Waals surface area (Å²) in [7, 11) is 0. The van der Waals surface area contributed by atoms with Crippen LogP contribution in [0.25, 0.3) is 0 Å². The second kappa shape index (κ2) is 4.77. The molecule has 0 aromatic carbocycles. The normalized spacial score (nSPS) is 16.1. The van der Waals surface area contributed by atoms with Crippen molar-refractivity contribution in [1.82, 2.24) is 4.98 Å². The number of pyridine rings is 1. The minimum atomic E-state index is 0.134. The Morgan fingerprint density at radius 2 is 1.88 bits per heavy atom. The van der Waals surface area contributed by atoms with Crippen LogP contribution in [0.2, 0.25) is 0 Å². The van der Waals surface area contributed by atoms with Crippen LogP contribution in [0, 0.1) is 6.92 Å². The van der Waals surface area contributed by atoms with E-state index >= 15 is 0 Å². The van der Waals surface area contributed by atoms with E-state index in [9.17, 15) is 4.79 Å². The van der Waals surface area contributed by atoms with Gasteiger partial charge in [0.05, 0.1) is 0 Å². The molecule has 0 fully saturated rings. The fraction of sp³-hybridized carbons (Fsp3) is 0.571. The SMILES string of the molecule is CC(=O)c1cc2c(nc1C)CCCCCC2. The van der Waals surface area contributed by atoms with Crippen molar-refractivity contribution in [1.29, 1.82) is 0 Å². The Morgan fingerprint density at radius 1 is 1.19 bits per heavy atom. The van der Waals surface area contributed by atoms with Gasteiger partial charge in [-0.25, -0.2) is 0 Å². The molecule has 0 spiro atoms. The van der Waals surface area contributed by atoms with Crippen molar-refractivity contribution in [3.63, 3.8) is 0 Å². The van der Waals surface area contributed by atoms with Crippen LogP contribution in [0.3, 0.4) is 0 Å². The van der Waals surface area contributed by atoms with E-state index in [0.717, 1.165) is 24.1 Å². The van der Waals surface area contributed by atoms with Crippen LogP contribution in [-0.4, -0.2) is 10.8 Å². The number of nitrogens with zero attached hydrogens (tertiary/aromatic N) is 1. The molecular formula is C14H19NO. The largest absolute Gasteiger partial charge is 0.294 e. The average molecular weight is 217 g/mol. The summed E-state index contributed by atoms with van der Waals surface area (Å²) in [5.41, 5.74) is 4.23. The summed E-state index contributed by atoms with van der Waals surface area (Å²) in [6.45, 7) is 3.56. The van der Waals surface area contributed by atoms with E-state index in [-0.39, 0.29) is 5.78 Å². The Kier molecular flexibility index (Phi) is 3.37. The molecule has 2 heteroatoms. The maximum Gasteiger partial charge on any atom is 0.161 e. The Hall–Kier alpha value is -1.18. The van der Waals surface area contributed by atoms with Gasteiger partial charge < -0.3 is 0 Å². The van der Waals surface area contributed by atoms with Gasteiger partial charge in [-0.3, -0.25) is 9.78 Å². The van der Waals surface area contributed by atoms with Crippen molar-refractivity contribution < 1.29 is 4.79 Å². The zero-order chi connectivity index (χ0) is 11.5. The molecule has 1 aliphatic rings. The minimum Gasteiger partial charge on any atom is -0.294 e. The summed E-state index contributed by atoms with van der Waals surface area (Å²) < 4.78 is 0. The second-order valence-corrected chi connectivity index (χ2v) is 4.70. The van der Waals surface area contributed by atoms with Gasteiger partial charge in [0.15, 0.2) is 5.78 Å². The second-order valence-electron chi connectivity index (χ2n) is 4.70. The first kappa shape index (κ1) is 11.3. The molecule has 16 heavy (non-hydrogen) atoms. The van der Waals surface area contributed by atoms with E-state index in [1.54, 1.807) is 6.92 Å². The standard InChI is InChI=1S/C14H19NO/c1-10-13(11(2)16)9-12-7-5-3-4-6-8-14(12)15-10/h9H,3-8H2,1-2H3. The predicted octanol–water partition coefficient (Wildman–Crippen LogP) is 3.25. The highest BCUT2D eigenvalue weighted by molar-refractivity contribution is 5.95. The number of fused-ring (bicyclic) bond motifs is 1. The lowest BCUT2D eigenvalue weighted by atomic mass is 9.94. The first-order valence-electron chi connectivity index (χ1n) is 6.19. The molecule has 0 saturated heterocycles. The summed E-state index contributed by atoms with van der Waals surface area (Å²) >= 11 is 0. The molecule has 0 radical (unpaired) electrons. The van der Waals surface area contributed by atoms with Crippen molar-refractivity contribution >= 4 is 5.78 Å². The van der Waals surface area contributed by atoms with Gasteiger partial charge in [-0.05, 0) is 51.2 Å². The maximum atomic E-state index is 11.5. The van der Waals surface area contributed by atoms with Gasteiger partial charge in [0.25, 0.3) is 0 Å². The van der Waals surface area contributed by atoms with Crippen LogP contribution in [0.1, 0.15) is 59.9 Å². The van der Waals surface area contributed by atoms with Crippen LogP contribution in [0.4, 0.5) is 0 Å². The number of ketones is 1. The summed E-state index contributed by atoms with van der Waals surface area (Å²) in [5, 5.41) is 0. The highest BCUT2D eigenvalue weighted by Gasteiger charge is 2.13. The third-order valence-corrected chi connectivity index (χ3v) is 3.37. The van der Waals surface area contributed by atoms with Crippen molar-refractivity contribution in [3.05, 3.63) is 28.6 Å². The van der Waals surface area contributed by atoms with E-state index < -0.39 is 0 Å². The van der Waals surface area contributed by atoms with Crippen molar-refractivity contribution in [2.45, 2.75) is 52.4 Å². The zero-order valence-corrected chi connectivity index (χ0v) is 10.2. The number of rotatable bonds is 1. The molecule has 0 amide bonds. The quantitative estimate of drug-likeness (QED) is 0.676. The fourth-order valence-corrected chi connectivity index (χ4v) is 2.45. The zero-order valence-electron chi connectivity index (χ0n) is 10.2. The molecule has 1 aromatic heterocycles. The van der Waals surface area contributed by atoms with E-state index in [2.05, 4.69) is 11.1 Å². The van der Waals surface area contributed by atoms with Gasteiger partial charge in [-0.15, -0.1) is 0 Å². The fourth-order valence-electron chi connectivity index (χ4n) is 2.45. The number of aromatic nitrogens is 1. The van der Waals surface area contributed by atoms with Gasteiger partial charge in [0.1, 0.15) is 0 Å². The predicted molar refractivity (Wildman–Crippen MR) is 64.9 cm³/mol. The number of hydrogen-bond donors (Lipinski definition) is 0. The van der Waals surface area contributed by atoms with Gasteiger partial charge in [0.2, 0.25) is 0 Å². The summed E-state index contributed by atoms with van der Waals surface area (Å²) in [6, 6.07) is 2.07. The van der Waals surface area contributed by atoms with Crippen LogP contribution < -0.4 is 0 Å². The highest BCUT2D eigenvalue weighted by Crippen LogP contribution is 2.21. The van der Waals surface area contributed by atoms with E-state index in [1.807, 2.05) is 6.92 Å². The van der Waals surface area contributed by atoms with E-state index in [4.69, 9.17) is 0 Å². The number of hydrogen-bond acceptors (Lipinski definition) is 2. The molecule has 86 valence electrons. The summed E-state index contributed by atoms with van der Waals surface area (Å²) in [4.78, 5) is 16.1. The first-order valence-corrected chi connectivity index (χ1v) is 6.19. The maximum absolute atomic E-state index is 11.5. The summed E-state index contributed by atoms with van der Waals surface area (Å²) in [5.74, 6) is 0.134. The highest BCUT2D eigenvalue weighted by atomic mass is 16.1. The van der Waals surface area contributed by atoms with Gasteiger partial charge in [0, 0.05) is 17.0 Å². The molecule has 1 heterocycles. The van der Waals surface area contributed by atoms with Gasteiger partial charge >= 0.3 is 0 Å². The van der Waals surface area contributed by atoms with Crippen LogP contribution in [-0.2, 0) is 12.8 Å².